The van der Waals surface area contributed by atoms with Crippen LogP contribution in [0, 0.1) is 17.1 Å². The molecule has 0 saturated carbocycles. The van der Waals surface area contributed by atoms with Crippen molar-refractivity contribution in [3.05, 3.63) is 29.1 Å². The van der Waals surface area contributed by atoms with E-state index < -0.39 is 5.82 Å². The Labute approximate surface area is 81.7 Å². The molecule has 1 aromatic rings. The summed E-state index contributed by atoms with van der Waals surface area (Å²) < 4.78 is 23.0. The van der Waals surface area contributed by atoms with E-state index in [0.717, 1.165) is 0 Å². The lowest BCUT2D eigenvalue weighted by atomic mass is 10.1. The summed E-state index contributed by atoms with van der Waals surface area (Å²) in [5.41, 5.74) is 0.658. The second-order valence-electron chi connectivity index (χ2n) is 2.69. The van der Waals surface area contributed by atoms with Gasteiger partial charge in [0.15, 0.2) is 0 Å². The van der Waals surface area contributed by atoms with E-state index in [2.05, 4.69) is 0 Å². The minimum Gasteiger partial charge on any atom is -0.496 e. The molecule has 0 saturated heterocycles. The molecule has 0 radical (unpaired) electrons. The van der Waals surface area contributed by atoms with Crippen LogP contribution in [0.1, 0.15) is 11.1 Å². The standard InChI is InChI=1S/C10H10FNO2/c1-13-6-8-3-7(5-12)9(11)4-10(8)14-2/h3-4H,6H2,1-2H3. The lowest BCUT2D eigenvalue weighted by Crippen LogP contribution is -1.97. The summed E-state index contributed by atoms with van der Waals surface area (Å²) in [6, 6.07) is 4.37. The predicted molar refractivity (Wildman–Crippen MR) is 48.4 cm³/mol. The Bertz CT molecular complexity index is 371. The molecule has 0 aliphatic carbocycles. The molecule has 4 heteroatoms. The molecule has 0 atom stereocenters. The van der Waals surface area contributed by atoms with Crippen LogP contribution < -0.4 is 4.74 Å². The summed E-state index contributed by atoms with van der Waals surface area (Å²) in [5, 5.41) is 8.60. The number of nitrogens with zero attached hydrogens (tertiary/aromatic N) is 1. The van der Waals surface area contributed by atoms with Gasteiger partial charge in [-0.3, -0.25) is 0 Å². The third-order valence-electron chi connectivity index (χ3n) is 1.79. The molecule has 3 nitrogen and oxygen atoms in total. The van der Waals surface area contributed by atoms with E-state index in [0.29, 0.717) is 11.3 Å². The van der Waals surface area contributed by atoms with Gasteiger partial charge in [-0.1, -0.05) is 0 Å². The van der Waals surface area contributed by atoms with E-state index >= 15 is 0 Å². The molecule has 0 amide bonds. The molecule has 0 bridgehead atoms. The van der Waals surface area contributed by atoms with Gasteiger partial charge in [-0.25, -0.2) is 4.39 Å². The minimum atomic E-state index is -0.579. The Hall–Kier alpha value is -1.60. The van der Waals surface area contributed by atoms with Crippen LogP contribution in [-0.4, -0.2) is 14.2 Å². The molecule has 1 rings (SSSR count). The monoisotopic (exact) mass is 195 g/mol. The highest BCUT2D eigenvalue weighted by molar-refractivity contribution is 5.42. The third kappa shape index (κ3) is 2.01. The molecule has 0 N–H and O–H groups in total. The highest BCUT2D eigenvalue weighted by atomic mass is 19.1. The quantitative estimate of drug-likeness (QED) is 0.739. The molecule has 1 aromatic carbocycles. The summed E-state index contributed by atoms with van der Waals surface area (Å²) in [6.45, 7) is 0.290. The number of ether oxygens (including phenoxy) is 2. The SMILES string of the molecule is COCc1cc(C#N)c(F)cc1OC. The number of methoxy groups -OCH3 is 2. The van der Waals surface area contributed by atoms with Crippen molar-refractivity contribution in [2.75, 3.05) is 14.2 Å². The second kappa shape index (κ2) is 4.58. The molecular weight excluding hydrogens is 185 g/mol. The zero-order chi connectivity index (χ0) is 10.6. The maximum absolute atomic E-state index is 13.1. The van der Waals surface area contributed by atoms with Crippen LogP contribution in [0.4, 0.5) is 4.39 Å². The first kappa shape index (κ1) is 10.5. The van der Waals surface area contributed by atoms with Crippen molar-refractivity contribution in [3.8, 4) is 11.8 Å². The van der Waals surface area contributed by atoms with E-state index in [1.54, 1.807) is 6.07 Å². The summed E-state index contributed by atoms with van der Waals surface area (Å²) in [7, 11) is 2.97. The van der Waals surface area contributed by atoms with Crippen LogP contribution in [0.25, 0.3) is 0 Å². The third-order valence-corrected chi connectivity index (χ3v) is 1.79. The van der Waals surface area contributed by atoms with Crippen molar-refractivity contribution in [3.63, 3.8) is 0 Å². The second-order valence-corrected chi connectivity index (χ2v) is 2.69. The lowest BCUT2D eigenvalue weighted by Gasteiger charge is -2.08. The average molecular weight is 195 g/mol. The Morgan fingerprint density at radius 3 is 2.64 bits per heavy atom. The van der Waals surface area contributed by atoms with Crippen LogP contribution >= 0.6 is 0 Å². The molecular formula is C10H10FNO2. The first-order valence-electron chi connectivity index (χ1n) is 3.98. The van der Waals surface area contributed by atoms with Crippen LogP contribution in [-0.2, 0) is 11.3 Å². The molecule has 0 aromatic heterocycles. The molecule has 14 heavy (non-hydrogen) atoms. The number of rotatable bonds is 3. The first-order chi connectivity index (χ1) is 6.72. The minimum absolute atomic E-state index is 0.00199. The van der Waals surface area contributed by atoms with Gasteiger partial charge < -0.3 is 9.47 Å². The first-order valence-corrected chi connectivity index (χ1v) is 3.98. The van der Waals surface area contributed by atoms with E-state index in [4.69, 9.17) is 14.7 Å². The normalized spacial score (nSPS) is 9.57. The zero-order valence-electron chi connectivity index (χ0n) is 8.00. The maximum Gasteiger partial charge on any atom is 0.144 e. The maximum atomic E-state index is 13.1. The molecule has 0 aliphatic rings. The van der Waals surface area contributed by atoms with Crippen molar-refractivity contribution < 1.29 is 13.9 Å². The average Bonchev–Trinajstić information content (AvgIpc) is 2.20. The summed E-state index contributed by atoms with van der Waals surface area (Å²) in [4.78, 5) is 0. The van der Waals surface area contributed by atoms with Gasteiger partial charge >= 0.3 is 0 Å². The Morgan fingerprint density at radius 2 is 2.14 bits per heavy atom. The van der Waals surface area contributed by atoms with Gasteiger partial charge in [-0.15, -0.1) is 0 Å². The van der Waals surface area contributed by atoms with E-state index in [-0.39, 0.29) is 12.2 Å². The highest BCUT2D eigenvalue weighted by Gasteiger charge is 2.09. The Balaban J connectivity index is 3.19. The number of nitriles is 1. The largest absolute Gasteiger partial charge is 0.496 e. The van der Waals surface area contributed by atoms with Gasteiger partial charge in [-0.2, -0.15) is 5.26 Å². The van der Waals surface area contributed by atoms with Crippen LogP contribution in [0.5, 0.6) is 5.75 Å². The van der Waals surface area contributed by atoms with E-state index in [1.807, 2.05) is 0 Å². The van der Waals surface area contributed by atoms with E-state index in [9.17, 15) is 4.39 Å². The molecule has 0 spiro atoms. The number of hydrogen-bond acceptors (Lipinski definition) is 3. The van der Waals surface area contributed by atoms with Crippen molar-refractivity contribution in [2.24, 2.45) is 0 Å². The fourth-order valence-electron chi connectivity index (χ4n) is 1.14. The summed E-state index contributed by atoms with van der Waals surface area (Å²) in [5.74, 6) is -0.187. The number of hydrogen-bond donors (Lipinski definition) is 0. The Kier molecular flexibility index (Phi) is 3.43. The van der Waals surface area contributed by atoms with Crippen molar-refractivity contribution in [1.82, 2.24) is 0 Å². The summed E-state index contributed by atoms with van der Waals surface area (Å²) >= 11 is 0. The van der Waals surface area contributed by atoms with Crippen molar-refractivity contribution >= 4 is 0 Å². The van der Waals surface area contributed by atoms with Crippen molar-refractivity contribution in [1.29, 1.82) is 5.26 Å². The van der Waals surface area contributed by atoms with Gasteiger partial charge in [0, 0.05) is 18.7 Å². The van der Waals surface area contributed by atoms with Gasteiger partial charge in [0.25, 0.3) is 0 Å². The lowest BCUT2D eigenvalue weighted by molar-refractivity contribution is 0.181. The van der Waals surface area contributed by atoms with Gasteiger partial charge in [0.05, 0.1) is 19.3 Å². The number of benzene rings is 1. The van der Waals surface area contributed by atoms with Gasteiger partial charge in [-0.05, 0) is 6.07 Å². The molecule has 0 aliphatic heterocycles. The molecule has 74 valence electrons. The topological polar surface area (TPSA) is 42.2 Å². The molecule has 0 heterocycles. The predicted octanol–water partition coefficient (Wildman–Crippen LogP) is 1.85. The zero-order valence-corrected chi connectivity index (χ0v) is 8.00. The van der Waals surface area contributed by atoms with Crippen LogP contribution in [0.15, 0.2) is 12.1 Å². The fourth-order valence-corrected chi connectivity index (χ4v) is 1.14. The fraction of sp³-hybridized carbons (Fsp3) is 0.300. The molecule has 0 unspecified atom stereocenters. The van der Waals surface area contributed by atoms with Gasteiger partial charge in [0.1, 0.15) is 17.6 Å². The highest BCUT2D eigenvalue weighted by Crippen LogP contribution is 2.23. The van der Waals surface area contributed by atoms with Crippen LogP contribution in [0.3, 0.4) is 0 Å². The number of halogens is 1. The van der Waals surface area contributed by atoms with E-state index in [1.165, 1.54) is 26.4 Å². The smallest absolute Gasteiger partial charge is 0.144 e. The van der Waals surface area contributed by atoms with Gasteiger partial charge in [0.2, 0.25) is 0 Å². The van der Waals surface area contributed by atoms with Crippen molar-refractivity contribution in [2.45, 2.75) is 6.61 Å². The molecule has 0 fully saturated rings. The van der Waals surface area contributed by atoms with Crippen LogP contribution in [0.2, 0.25) is 0 Å². The summed E-state index contributed by atoms with van der Waals surface area (Å²) in [6.07, 6.45) is 0. The Morgan fingerprint density at radius 1 is 1.43 bits per heavy atom.